The zero-order valence-corrected chi connectivity index (χ0v) is 27.1. The van der Waals surface area contributed by atoms with Crippen molar-refractivity contribution >= 4 is 33.1 Å². The van der Waals surface area contributed by atoms with Crippen LogP contribution >= 0.6 is 15.9 Å². The summed E-state index contributed by atoms with van der Waals surface area (Å²) < 4.78 is 3.69. The molecule has 1 aliphatic rings. The van der Waals surface area contributed by atoms with E-state index >= 15 is 0 Å². The monoisotopic (exact) mass is 674 g/mol. The molecule has 0 radical (unpaired) electrons. The highest BCUT2D eigenvalue weighted by Gasteiger charge is 2.24. The molecule has 45 heavy (non-hydrogen) atoms. The Hall–Kier alpha value is -4.91. The number of carbonyl (C=O) groups excluding carboxylic acids is 1. The van der Waals surface area contributed by atoms with Gasteiger partial charge in [-0.2, -0.15) is 5.10 Å². The van der Waals surface area contributed by atoms with Crippen LogP contribution < -0.4 is 15.5 Å². The maximum absolute atomic E-state index is 13.3. The first-order chi connectivity index (χ1) is 21.5. The highest BCUT2D eigenvalue weighted by molar-refractivity contribution is 9.10. The standard InChI is InChI=1S/C30H32BrN5O3.C2H3N3O/c1-19-17-27(18-20(2)28(19)37)34-15-13-33(14-16-34)25-9-11-26(12-10-25)35-22(4)32-36(30(35)39)21(3)29(38)23-5-7-24(31)8-6-23;6-5-2-1-3-4-5/h5-12,17-18,21,37H,13-16H2,1-4H3;1-2,6H. The van der Waals surface area contributed by atoms with Crippen molar-refractivity contribution in [2.45, 2.75) is 33.7 Å². The molecule has 0 spiro atoms. The van der Waals surface area contributed by atoms with Crippen LogP contribution in [0.1, 0.15) is 40.3 Å². The van der Waals surface area contributed by atoms with Gasteiger partial charge in [0.05, 0.1) is 18.1 Å². The maximum atomic E-state index is 13.3. The summed E-state index contributed by atoms with van der Waals surface area (Å²) in [5, 5.41) is 29.2. The Morgan fingerprint density at radius 1 is 0.867 bits per heavy atom. The topological polar surface area (TPSA) is 135 Å². The van der Waals surface area contributed by atoms with E-state index in [1.807, 2.05) is 62.4 Å². The number of aryl methyl sites for hydroxylation is 3. The zero-order valence-electron chi connectivity index (χ0n) is 25.5. The summed E-state index contributed by atoms with van der Waals surface area (Å²) in [6.45, 7) is 10.8. The Bertz CT molecular complexity index is 1800. The van der Waals surface area contributed by atoms with Crippen molar-refractivity contribution in [1.82, 2.24) is 29.5 Å². The van der Waals surface area contributed by atoms with E-state index in [9.17, 15) is 14.7 Å². The number of hydrogen-bond donors (Lipinski definition) is 2. The Labute approximate surface area is 268 Å². The second-order valence-electron chi connectivity index (χ2n) is 10.9. The quantitative estimate of drug-likeness (QED) is 0.194. The molecule has 13 heteroatoms. The molecule has 1 aliphatic heterocycles. The summed E-state index contributed by atoms with van der Waals surface area (Å²) in [5.41, 5.74) is 4.92. The lowest BCUT2D eigenvalue weighted by Crippen LogP contribution is -2.46. The fraction of sp³-hybridized carbons (Fsp3) is 0.281. The number of piperazine rings is 1. The number of phenolic OH excluding ortho intramolecular Hbond substituents is 1. The number of Topliss-reactive ketones (excluding diaryl/α,β-unsaturated/α-hetero) is 1. The van der Waals surface area contributed by atoms with Gasteiger partial charge in [-0.15, -0.1) is 5.10 Å². The van der Waals surface area contributed by atoms with Gasteiger partial charge in [-0.25, -0.2) is 14.0 Å². The summed E-state index contributed by atoms with van der Waals surface area (Å²) in [7, 11) is 0. The van der Waals surface area contributed by atoms with Crippen LogP contribution in [0.4, 0.5) is 11.4 Å². The molecule has 0 bridgehead atoms. The number of aromatic hydroxyl groups is 1. The smallest absolute Gasteiger partial charge is 0.351 e. The Balaban J connectivity index is 0.000000598. The number of aromatic nitrogens is 6. The maximum Gasteiger partial charge on any atom is 0.351 e. The van der Waals surface area contributed by atoms with Gasteiger partial charge in [0.15, 0.2) is 5.78 Å². The molecule has 2 aromatic heterocycles. The van der Waals surface area contributed by atoms with E-state index in [1.54, 1.807) is 30.5 Å². The minimum atomic E-state index is -0.727. The molecule has 1 atom stereocenters. The number of carbonyl (C=O) groups is 1. The van der Waals surface area contributed by atoms with Crippen LogP contribution in [0.15, 0.2) is 82.3 Å². The van der Waals surface area contributed by atoms with E-state index < -0.39 is 6.04 Å². The average molecular weight is 676 g/mol. The van der Waals surface area contributed by atoms with Crippen LogP contribution in [0.2, 0.25) is 0 Å². The summed E-state index contributed by atoms with van der Waals surface area (Å²) in [6, 6.07) is 18.4. The fourth-order valence-electron chi connectivity index (χ4n) is 5.35. The molecule has 12 nitrogen and oxygen atoms in total. The number of halogens is 1. The van der Waals surface area contributed by atoms with E-state index in [0.717, 1.165) is 53.2 Å². The van der Waals surface area contributed by atoms with Crippen LogP contribution in [-0.4, -0.2) is 71.8 Å². The van der Waals surface area contributed by atoms with E-state index in [4.69, 9.17) is 5.21 Å². The summed E-state index contributed by atoms with van der Waals surface area (Å²) in [4.78, 5) is 31.6. The summed E-state index contributed by atoms with van der Waals surface area (Å²) in [5.74, 6) is 0.723. The molecule has 0 aliphatic carbocycles. The van der Waals surface area contributed by atoms with Crippen molar-refractivity contribution in [2.75, 3.05) is 36.0 Å². The van der Waals surface area contributed by atoms with Crippen LogP contribution in [0.5, 0.6) is 5.75 Å². The highest BCUT2D eigenvalue weighted by atomic mass is 79.9. The van der Waals surface area contributed by atoms with Crippen LogP contribution in [0, 0.1) is 20.8 Å². The van der Waals surface area contributed by atoms with Crippen molar-refractivity contribution in [2.24, 2.45) is 0 Å². The Morgan fingerprint density at radius 2 is 1.42 bits per heavy atom. The molecule has 234 valence electrons. The van der Waals surface area contributed by atoms with Gasteiger partial charge < -0.3 is 20.1 Å². The predicted molar refractivity (Wildman–Crippen MR) is 175 cm³/mol. The molecular weight excluding hydrogens is 640 g/mol. The number of anilines is 2. The van der Waals surface area contributed by atoms with Gasteiger partial charge in [-0.3, -0.25) is 4.79 Å². The van der Waals surface area contributed by atoms with Gasteiger partial charge >= 0.3 is 5.69 Å². The molecule has 1 saturated heterocycles. The molecule has 1 unspecified atom stereocenters. The van der Waals surface area contributed by atoms with Gasteiger partial charge in [0, 0.05) is 47.6 Å². The molecule has 1 fully saturated rings. The van der Waals surface area contributed by atoms with Crippen molar-refractivity contribution < 1.29 is 15.1 Å². The van der Waals surface area contributed by atoms with E-state index in [1.165, 1.54) is 17.1 Å². The van der Waals surface area contributed by atoms with Gasteiger partial charge in [0.2, 0.25) is 0 Å². The SMILES string of the molecule is Cc1cc(N2CCN(c3ccc(-n4c(C)nn(C(C)C(=O)c5ccc(Br)cc5)c4=O)cc3)CC2)cc(C)c1O.On1ccnn1. The van der Waals surface area contributed by atoms with E-state index in [-0.39, 0.29) is 11.5 Å². The molecule has 2 N–H and O–H groups in total. The number of hydrogen-bond acceptors (Lipinski definition) is 9. The molecule has 5 aromatic rings. The summed E-state index contributed by atoms with van der Waals surface area (Å²) in [6.07, 6.45) is 2.72. The van der Waals surface area contributed by atoms with Gasteiger partial charge in [0.25, 0.3) is 0 Å². The molecule has 3 heterocycles. The lowest BCUT2D eigenvalue weighted by molar-refractivity contribution is 0.0925. The van der Waals surface area contributed by atoms with Gasteiger partial charge in [-0.05, 0) is 92.6 Å². The number of ketones is 1. The van der Waals surface area contributed by atoms with Crippen molar-refractivity contribution in [1.29, 1.82) is 0 Å². The van der Waals surface area contributed by atoms with Crippen molar-refractivity contribution in [3.8, 4) is 11.4 Å². The number of phenols is 1. The van der Waals surface area contributed by atoms with Crippen LogP contribution in [0.3, 0.4) is 0 Å². The predicted octanol–water partition coefficient (Wildman–Crippen LogP) is 4.71. The third-order valence-corrected chi connectivity index (χ3v) is 8.37. The largest absolute Gasteiger partial charge is 0.507 e. The molecular formula is C32H35BrN8O4. The third kappa shape index (κ3) is 6.93. The first-order valence-electron chi connectivity index (χ1n) is 14.5. The number of benzene rings is 3. The van der Waals surface area contributed by atoms with Gasteiger partial charge in [-0.1, -0.05) is 32.9 Å². The van der Waals surface area contributed by atoms with E-state index in [2.05, 4.69) is 41.1 Å². The van der Waals surface area contributed by atoms with Crippen LogP contribution in [0.25, 0.3) is 5.69 Å². The minimum Gasteiger partial charge on any atom is -0.507 e. The first kappa shape index (κ1) is 31.5. The fourth-order valence-corrected chi connectivity index (χ4v) is 5.62. The molecule has 6 rings (SSSR count). The second kappa shape index (κ2) is 13.4. The molecule has 3 aromatic carbocycles. The molecule has 0 amide bonds. The number of nitrogens with zero attached hydrogens (tertiary/aromatic N) is 8. The zero-order chi connectivity index (χ0) is 32.2. The molecule has 0 saturated carbocycles. The third-order valence-electron chi connectivity index (χ3n) is 7.84. The van der Waals surface area contributed by atoms with Gasteiger partial charge in [0.1, 0.15) is 17.6 Å². The van der Waals surface area contributed by atoms with Crippen molar-refractivity contribution in [3.63, 3.8) is 0 Å². The first-order valence-corrected chi connectivity index (χ1v) is 15.3. The second-order valence-corrected chi connectivity index (χ2v) is 11.8. The van der Waals surface area contributed by atoms with E-state index in [0.29, 0.717) is 27.7 Å². The Kier molecular flexibility index (Phi) is 9.37. The lowest BCUT2D eigenvalue weighted by atomic mass is 10.1. The average Bonchev–Trinajstić information content (AvgIpc) is 3.64. The number of rotatable bonds is 6. The van der Waals surface area contributed by atoms with Crippen LogP contribution in [-0.2, 0) is 0 Å². The Morgan fingerprint density at radius 3 is 1.93 bits per heavy atom. The summed E-state index contributed by atoms with van der Waals surface area (Å²) >= 11 is 3.38. The minimum absolute atomic E-state index is 0.165. The lowest BCUT2D eigenvalue weighted by Gasteiger charge is -2.37. The van der Waals surface area contributed by atoms with Crippen molar-refractivity contribution in [3.05, 3.63) is 111 Å². The highest BCUT2D eigenvalue weighted by Crippen LogP contribution is 2.29. The normalized spacial score (nSPS) is 13.7.